The van der Waals surface area contributed by atoms with Gasteiger partial charge in [0.1, 0.15) is 5.70 Å². The van der Waals surface area contributed by atoms with Gasteiger partial charge in [-0.05, 0) is 44.6 Å². The number of likely N-dealkylation sites (tertiary alicyclic amines) is 1. The molecule has 1 aliphatic heterocycles. The van der Waals surface area contributed by atoms with Crippen molar-refractivity contribution < 1.29 is 4.90 Å². The molecule has 1 heterocycles. The van der Waals surface area contributed by atoms with Crippen molar-refractivity contribution in [3.8, 4) is 0 Å². The zero-order valence-corrected chi connectivity index (χ0v) is 7.94. The highest BCUT2D eigenvalue weighted by molar-refractivity contribution is 4.95. The SMILES string of the molecule is C1=C([NH+]2CCCCC2)CCCC1. The number of allylic oxidation sites excluding steroid dienone is 2. The highest BCUT2D eigenvalue weighted by Crippen LogP contribution is 2.13. The topological polar surface area (TPSA) is 4.44 Å². The summed E-state index contributed by atoms with van der Waals surface area (Å²) in [6.45, 7) is 2.82. The Bertz CT molecular complexity index is 166. The summed E-state index contributed by atoms with van der Waals surface area (Å²) in [6, 6.07) is 0. The minimum Gasteiger partial charge on any atom is -0.306 e. The highest BCUT2D eigenvalue weighted by Gasteiger charge is 2.19. The van der Waals surface area contributed by atoms with Gasteiger partial charge in [-0.1, -0.05) is 0 Å². The van der Waals surface area contributed by atoms with Crippen molar-refractivity contribution in [2.75, 3.05) is 13.1 Å². The van der Waals surface area contributed by atoms with E-state index >= 15 is 0 Å². The van der Waals surface area contributed by atoms with E-state index in [1.807, 2.05) is 0 Å². The Kier molecular flexibility index (Phi) is 2.83. The van der Waals surface area contributed by atoms with Crippen molar-refractivity contribution in [1.29, 1.82) is 0 Å². The van der Waals surface area contributed by atoms with Crippen LogP contribution in [0.1, 0.15) is 44.9 Å². The lowest BCUT2D eigenvalue weighted by Crippen LogP contribution is -3.11. The first-order valence-electron chi connectivity index (χ1n) is 5.51. The molecule has 0 spiro atoms. The summed E-state index contributed by atoms with van der Waals surface area (Å²) in [7, 11) is 0. The van der Waals surface area contributed by atoms with Gasteiger partial charge in [0.2, 0.25) is 0 Å². The number of nitrogens with one attached hydrogen (secondary N) is 1. The van der Waals surface area contributed by atoms with E-state index in [-0.39, 0.29) is 0 Å². The van der Waals surface area contributed by atoms with E-state index in [2.05, 4.69) is 6.08 Å². The first kappa shape index (κ1) is 8.31. The molecule has 0 radical (unpaired) electrons. The Morgan fingerprint density at radius 2 is 1.75 bits per heavy atom. The molecule has 12 heavy (non-hydrogen) atoms. The summed E-state index contributed by atoms with van der Waals surface area (Å²) in [5, 5.41) is 0. The third-order valence-corrected chi connectivity index (χ3v) is 3.20. The van der Waals surface area contributed by atoms with E-state index in [4.69, 9.17) is 0 Å². The minimum absolute atomic E-state index is 1.35. The Balaban J connectivity index is 1.92. The molecule has 0 aromatic rings. The molecule has 1 N–H and O–H groups in total. The fourth-order valence-electron chi connectivity index (χ4n) is 2.46. The lowest BCUT2D eigenvalue weighted by Gasteiger charge is -2.27. The molecule has 0 atom stereocenters. The minimum atomic E-state index is 1.35. The number of piperidine rings is 1. The number of hydrogen-bond donors (Lipinski definition) is 1. The van der Waals surface area contributed by atoms with Gasteiger partial charge in [0.25, 0.3) is 0 Å². The van der Waals surface area contributed by atoms with E-state index < -0.39 is 0 Å². The molecule has 0 aromatic heterocycles. The predicted octanol–water partition coefficient (Wildman–Crippen LogP) is 1.51. The van der Waals surface area contributed by atoms with Gasteiger partial charge in [-0.2, -0.15) is 0 Å². The van der Waals surface area contributed by atoms with E-state index in [9.17, 15) is 0 Å². The van der Waals surface area contributed by atoms with Crippen molar-refractivity contribution in [1.82, 2.24) is 0 Å². The Morgan fingerprint density at radius 3 is 2.42 bits per heavy atom. The maximum Gasteiger partial charge on any atom is 0.103 e. The summed E-state index contributed by atoms with van der Waals surface area (Å²) < 4.78 is 0. The van der Waals surface area contributed by atoms with Crippen molar-refractivity contribution in [3.63, 3.8) is 0 Å². The molecule has 2 aliphatic rings. The lowest BCUT2D eigenvalue weighted by molar-refractivity contribution is -0.867. The second-order valence-electron chi connectivity index (χ2n) is 4.14. The van der Waals surface area contributed by atoms with Gasteiger partial charge in [-0.3, -0.25) is 0 Å². The molecule has 0 bridgehead atoms. The Labute approximate surface area is 75.4 Å². The third kappa shape index (κ3) is 1.89. The standard InChI is InChI=1S/C11H19N/c1-3-7-11(8-4-1)12-9-5-2-6-10-12/h7H,1-6,8-10H2/p+1. The number of rotatable bonds is 1. The maximum absolute atomic E-state index is 2.50. The monoisotopic (exact) mass is 166 g/mol. The average Bonchev–Trinajstić information content (AvgIpc) is 2.21. The van der Waals surface area contributed by atoms with Gasteiger partial charge in [-0.25, -0.2) is 0 Å². The van der Waals surface area contributed by atoms with Gasteiger partial charge in [0, 0.05) is 6.42 Å². The van der Waals surface area contributed by atoms with Crippen LogP contribution in [0.15, 0.2) is 11.8 Å². The quantitative estimate of drug-likeness (QED) is 0.602. The molecular formula is C11H20N+. The van der Waals surface area contributed by atoms with Crippen LogP contribution in [0.3, 0.4) is 0 Å². The highest BCUT2D eigenvalue weighted by atomic mass is 15.1. The molecule has 1 heteroatoms. The van der Waals surface area contributed by atoms with Crippen LogP contribution in [0.4, 0.5) is 0 Å². The fourth-order valence-corrected chi connectivity index (χ4v) is 2.46. The molecular weight excluding hydrogens is 146 g/mol. The summed E-state index contributed by atoms with van der Waals surface area (Å²) >= 11 is 0. The fraction of sp³-hybridized carbons (Fsp3) is 0.818. The van der Waals surface area contributed by atoms with Crippen LogP contribution in [-0.2, 0) is 0 Å². The molecule has 0 amide bonds. The summed E-state index contributed by atoms with van der Waals surface area (Å²) in [4.78, 5) is 1.81. The summed E-state index contributed by atoms with van der Waals surface area (Å²) in [6.07, 6.45) is 12.5. The molecule has 1 saturated heterocycles. The second kappa shape index (κ2) is 4.08. The zero-order valence-electron chi connectivity index (χ0n) is 7.94. The second-order valence-corrected chi connectivity index (χ2v) is 4.14. The van der Waals surface area contributed by atoms with Crippen LogP contribution >= 0.6 is 0 Å². The van der Waals surface area contributed by atoms with Crippen LogP contribution in [0.5, 0.6) is 0 Å². The van der Waals surface area contributed by atoms with Crippen LogP contribution in [0.2, 0.25) is 0 Å². The predicted molar refractivity (Wildman–Crippen MR) is 51.1 cm³/mol. The van der Waals surface area contributed by atoms with E-state index in [0.717, 1.165) is 0 Å². The molecule has 0 aromatic carbocycles. The smallest absolute Gasteiger partial charge is 0.103 e. The van der Waals surface area contributed by atoms with Gasteiger partial charge < -0.3 is 4.90 Å². The number of quaternary nitrogens is 1. The van der Waals surface area contributed by atoms with Gasteiger partial charge in [0.15, 0.2) is 0 Å². The average molecular weight is 166 g/mol. The van der Waals surface area contributed by atoms with Crippen molar-refractivity contribution >= 4 is 0 Å². The van der Waals surface area contributed by atoms with Crippen LogP contribution in [0, 0.1) is 0 Å². The molecule has 1 fully saturated rings. The van der Waals surface area contributed by atoms with Crippen LogP contribution < -0.4 is 4.90 Å². The van der Waals surface area contributed by atoms with Gasteiger partial charge in [0.05, 0.1) is 13.1 Å². The molecule has 0 unspecified atom stereocenters. The van der Waals surface area contributed by atoms with E-state index in [1.54, 1.807) is 10.6 Å². The Morgan fingerprint density at radius 1 is 0.917 bits per heavy atom. The van der Waals surface area contributed by atoms with Gasteiger partial charge >= 0.3 is 0 Å². The molecule has 2 rings (SSSR count). The lowest BCUT2D eigenvalue weighted by atomic mass is 10.0. The first-order chi connectivity index (χ1) is 5.97. The zero-order chi connectivity index (χ0) is 8.23. The van der Waals surface area contributed by atoms with Crippen molar-refractivity contribution in [3.05, 3.63) is 11.8 Å². The normalized spacial score (nSPS) is 26.8. The summed E-state index contributed by atoms with van der Waals surface area (Å²) in [5.41, 5.74) is 1.74. The van der Waals surface area contributed by atoms with Crippen molar-refractivity contribution in [2.45, 2.75) is 44.9 Å². The molecule has 0 saturated carbocycles. The maximum atomic E-state index is 2.50. The molecule has 1 nitrogen and oxygen atoms in total. The summed E-state index contributed by atoms with van der Waals surface area (Å²) in [5.74, 6) is 0. The van der Waals surface area contributed by atoms with Crippen LogP contribution in [-0.4, -0.2) is 13.1 Å². The van der Waals surface area contributed by atoms with E-state index in [1.165, 1.54) is 58.0 Å². The van der Waals surface area contributed by atoms with Gasteiger partial charge in [-0.15, -0.1) is 0 Å². The van der Waals surface area contributed by atoms with Crippen LogP contribution in [0.25, 0.3) is 0 Å². The molecule has 68 valence electrons. The molecule has 1 aliphatic carbocycles. The number of hydrogen-bond acceptors (Lipinski definition) is 0. The third-order valence-electron chi connectivity index (χ3n) is 3.20. The van der Waals surface area contributed by atoms with E-state index in [0.29, 0.717) is 0 Å². The largest absolute Gasteiger partial charge is 0.306 e. The Hall–Kier alpha value is -0.300. The van der Waals surface area contributed by atoms with Crippen molar-refractivity contribution in [2.24, 2.45) is 0 Å². The first-order valence-corrected chi connectivity index (χ1v) is 5.51.